The number of unbranched alkanes of at least 4 members (excludes halogenated alkanes) is 10. The quantitative estimate of drug-likeness (QED) is 0.0669. The Labute approximate surface area is 235 Å². The fraction of sp³-hybridized carbons (Fsp3) is 0.457. The third kappa shape index (κ3) is 12.0. The molecule has 0 saturated heterocycles. The highest BCUT2D eigenvalue weighted by atomic mass is 16.5. The van der Waals surface area contributed by atoms with E-state index in [2.05, 4.69) is 13.8 Å². The van der Waals surface area contributed by atoms with Crippen LogP contribution in [0.25, 0.3) is 16.8 Å². The average molecular weight is 531 g/mol. The van der Waals surface area contributed by atoms with Gasteiger partial charge in [0.1, 0.15) is 17.2 Å². The summed E-state index contributed by atoms with van der Waals surface area (Å²) in [5.41, 5.74) is 0.923. The summed E-state index contributed by atoms with van der Waals surface area (Å²) in [6.07, 6.45) is 18.4. The molecule has 4 heteroatoms. The number of esters is 1. The average Bonchev–Trinajstić information content (AvgIpc) is 2.96. The molecule has 0 N–H and O–H groups in total. The second-order valence-corrected chi connectivity index (χ2v) is 10.2. The topological polar surface area (TPSA) is 44.8 Å². The van der Waals surface area contributed by atoms with Crippen LogP contribution in [0.1, 0.15) is 96.5 Å². The summed E-state index contributed by atoms with van der Waals surface area (Å²) < 4.78 is 17.2. The smallest absolute Gasteiger partial charge is 0.336 e. The zero-order valence-corrected chi connectivity index (χ0v) is 24.0. The van der Waals surface area contributed by atoms with Gasteiger partial charge < -0.3 is 14.2 Å². The Morgan fingerprint density at radius 3 is 1.74 bits per heavy atom. The Morgan fingerprint density at radius 1 is 0.590 bits per heavy atom. The third-order valence-electron chi connectivity index (χ3n) is 6.83. The molecule has 0 spiro atoms. The van der Waals surface area contributed by atoms with Crippen molar-refractivity contribution in [3.05, 3.63) is 72.3 Å². The minimum Gasteiger partial charge on any atom is -0.494 e. The van der Waals surface area contributed by atoms with Crippen molar-refractivity contribution < 1.29 is 19.0 Å². The molecule has 3 aromatic carbocycles. The van der Waals surface area contributed by atoms with Crippen LogP contribution in [0.4, 0.5) is 0 Å². The van der Waals surface area contributed by atoms with E-state index in [0.717, 1.165) is 53.9 Å². The maximum Gasteiger partial charge on any atom is 0.336 e. The molecule has 0 saturated carbocycles. The second kappa shape index (κ2) is 18.1. The van der Waals surface area contributed by atoms with Crippen molar-refractivity contribution in [3.8, 4) is 17.2 Å². The summed E-state index contributed by atoms with van der Waals surface area (Å²) >= 11 is 0. The number of carbonyl (C=O) groups is 1. The Balaban J connectivity index is 1.36. The van der Waals surface area contributed by atoms with E-state index in [0.29, 0.717) is 5.75 Å². The number of fused-ring (bicyclic) bond motifs is 1. The van der Waals surface area contributed by atoms with Crippen LogP contribution >= 0.6 is 0 Å². The standard InChI is InChI=1S/C35H46O4/c1-3-5-7-8-9-10-11-12-14-26-37-32-20-15-29(16-21-32)17-24-35(36)39-34-23-19-30-27-33(22-18-31(30)28-34)38-25-13-6-4-2/h15-24,27-28H,3-14,25-26H2,1-2H3. The zero-order valence-electron chi connectivity index (χ0n) is 24.0. The molecule has 0 unspecified atom stereocenters. The summed E-state index contributed by atoms with van der Waals surface area (Å²) in [6.45, 7) is 5.92. The van der Waals surface area contributed by atoms with Crippen molar-refractivity contribution in [2.45, 2.75) is 90.9 Å². The van der Waals surface area contributed by atoms with E-state index in [1.54, 1.807) is 6.08 Å². The van der Waals surface area contributed by atoms with Gasteiger partial charge in [-0.3, -0.25) is 0 Å². The highest BCUT2D eigenvalue weighted by molar-refractivity contribution is 5.90. The fourth-order valence-corrected chi connectivity index (χ4v) is 4.49. The molecule has 0 atom stereocenters. The predicted octanol–water partition coefficient (Wildman–Crippen LogP) is 9.94. The van der Waals surface area contributed by atoms with Crippen molar-refractivity contribution in [2.24, 2.45) is 0 Å². The highest BCUT2D eigenvalue weighted by Crippen LogP contribution is 2.25. The van der Waals surface area contributed by atoms with Gasteiger partial charge >= 0.3 is 5.97 Å². The van der Waals surface area contributed by atoms with Crippen molar-refractivity contribution in [2.75, 3.05) is 13.2 Å². The number of carbonyl (C=O) groups excluding carboxylic acids is 1. The molecule has 0 radical (unpaired) electrons. The minimum atomic E-state index is -0.407. The molecule has 210 valence electrons. The Hall–Kier alpha value is -3.27. The molecule has 0 aliphatic carbocycles. The number of benzene rings is 3. The van der Waals surface area contributed by atoms with Gasteiger partial charge in [-0.05, 0) is 71.7 Å². The Bertz CT molecular complexity index is 1130. The summed E-state index contributed by atoms with van der Waals surface area (Å²) in [5, 5.41) is 2.06. The normalized spacial score (nSPS) is 11.2. The molecule has 3 aromatic rings. The van der Waals surface area contributed by atoms with Gasteiger partial charge in [0.25, 0.3) is 0 Å². The number of rotatable bonds is 19. The van der Waals surface area contributed by atoms with E-state index in [9.17, 15) is 4.79 Å². The van der Waals surface area contributed by atoms with Gasteiger partial charge in [0, 0.05) is 6.08 Å². The number of hydrogen-bond donors (Lipinski definition) is 0. The van der Waals surface area contributed by atoms with Crippen LogP contribution in [0.5, 0.6) is 17.2 Å². The van der Waals surface area contributed by atoms with E-state index in [1.165, 1.54) is 70.3 Å². The van der Waals surface area contributed by atoms with Gasteiger partial charge in [-0.2, -0.15) is 0 Å². The molecule has 0 fully saturated rings. The molecule has 3 rings (SSSR count). The van der Waals surface area contributed by atoms with Crippen LogP contribution in [-0.4, -0.2) is 19.2 Å². The third-order valence-corrected chi connectivity index (χ3v) is 6.83. The lowest BCUT2D eigenvalue weighted by Gasteiger charge is -2.08. The molecule has 0 heterocycles. The lowest BCUT2D eigenvalue weighted by Crippen LogP contribution is -2.03. The first-order valence-electron chi connectivity index (χ1n) is 15.0. The molecule has 39 heavy (non-hydrogen) atoms. The summed E-state index contributed by atoms with van der Waals surface area (Å²) in [5.74, 6) is 1.84. The Morgan fingerprint density at radius 2 is 1.08 bits per heavy atom. The molecule has 0 amide bonds. The van der Waals surface area contributed by atoms with Gasteiger partial charge in [-0.25, -0.2) is 4.79 Å². The first kappa shape index (κ1) is 30.3. The van der Waals surface area contributed by atoms with E-state index in [4.69, 9.17) is 14.2 Å². The largest absolute Gasteiger partial charge is 0.494 e. The number of hydrogen-bond acceptors (Lipinski definition) is 4. The number of ether oxygens (including phenoxy) is 3. The van der Waals surface area contributed by atoms with E-state index in [-0.39, 0.29) is 0 Å². The highest BCUT2D eigenvalue weighted by Gasteiger charge is 2.04. The van der Waals surface area contributed by atoms with E-state index < -0.39 is 5.97 Å². The monoisotopic (exact) mass is 530 g/mol. The van der Waals surface area contributed by atoms with E-state index >= 15 is 0 Å². The maximum atomic E-state index is 12.4. The van der Waals surface area contributed by atoms with Crippen LogP contribution in [0.3, 0.4) is 0 Å². The molecule has 4 nitrogen and oxygen atoms in total. The molecular formula is C35H46O4. The van der Waals surface area contributed by atoms with Gasteiger partial charge in [0.15, 0.2) is 0 Å². The molecule has 0 aromatic heterocycles. The van der Waals surface area contributed by atoms with Crippen LogP contribution in [0, 0.1) is 0 Å². The fourth-order valence-electron chi connectivity index (χ4n) is 4.49. The first-order chi connectivity index (χ1) is 19.2. The molecule has 0 bridgehead atoms. The van der Waals surface area contributed by atoms with Crippen molar-refractivity contribution >= 4 is 22.8 Å². The first-order valence-corrected chi connectivity index (χ1v) is 15.0. The van der Waals surface area contributed by atoms with Crippen LogP contribution in [-0.2, 0) is 4.79 Å². The Kier molecular flexibility index (Phi) is 14.0. The van der Waals surface area contributed by atoms with Gasteiger partial charge in [0.2, 0.25) is 0 Å². The summed E-state index contributed by atoms with van der Waals surface area (Å²) in [7, 11) is 0. The summed E-state index contributed by atoms with van der Waals surface area (Å²) in [4.78, 5) is 12.4. The second-order valence-electron chi connectivity index (χ2n) is 10.2. The van der Waals surface area contributed by atoms with Gasteiger partial charge in [-0.1, -0.05) is 102 Å². The van der Waals surface area contributed by atoms with Crippen LogP contribution in [0.15, 0.2) is 66.7 Å². The van der Waals surface area contributed by atoms with Crippen LogP contribution in [0.2, 0.25) is 0 Å². The van der Waals surface area contributed by atoms with Gasteiger partial charge in [-0.15, -0.1) is 0 Å². The molecular weight excluding hydrogens is 484 g/mol. The van der Waals surface area contributed by atoms with Crippen LogP contribution < -0.4 is 14.2 Å². The molecule has 0 aliphatic rings. The van der Waals surface area contributed by atoms with Crippen molar-refractivity contribution in [3.63, 3.8) is 0 Å². The minimum absolute atomic E-state index is 0.407. The van der Waals surface area contributed by atoms with Gasteiger partial charge in [0.05, 0.1) is 13.2 Å². The lowest BCUT2D eigenvalue weighted by atomic mass is 10.1. The zero-order chi connectivity index (χ0) is 27.5. The van der Waals surface area contributed by atoms with Crippen molar-refractivity contribution in [1.29, 1.82) is 0 Å². The SMILES string of the molecule is CCCCCCCCCCCOc1ccc(C=CC(=O)Oc2ccc3cc(OCCCCC)ccc3c2)cc1. The van der Waals surface area contributed by atoms with E-state index in [1.807, 2.05) is 60.7 Å². The lowest BCUT2D eigenvalue weighted by molar-refractivity contribution is -0.128. The summed E-state index contributed by atoms with van der Waals surface area (Å²) in [6, 6.07) is 19.4. The molecule has 0 aliphatic heterocycles. The predicted molar refractivity (Wildman–Crippen MR) is 163 cm³/mol. The maximum absolute atomic E-state index is 12.4. The van der Waals surface area contributed by atoms with Crippen molar-refractivity contribution in [1.82, 2.24) is 0 Å².